The third-order valence-corrected chi connectivity index (χ3v) is 3.13. The van der Waals surface area contributed by atoms with Gasteiger partial charge in [0.05, 0.1) is 19.6 Å². The molecule has 1 N–H and O–H groups in total. The Morgan fingerprint density at radius 3 is 2.59 bits per heavy atom. The number of methoxy groups -OCH3 is 1. The van der Waals surface area contributed by atoms with Crippen molar-refractivity contribution in [2.24, 2.45) is 0 Å². The number of carbonyl (C=O) groups is 2. The number of rotatable bonds is 8. The molecule has 1 aromatic carbocycles. The van der Waals surface area contributed by atoms with Crippen LogP contribution in [0, 0.1) is 17.1 Å². The second-order valence-corrected chi connectivity index (χ2v) is 4.85. The van der Waals surface area contributed by atoms with E-state index in [0.29, 0.717) is 31.2 Å². The van der Waals surface area contributed by atoms with E-state index in [2.05, 4.69) is 10.1 Å². The van der Waals surface area contributed by atoms with Crippen LogP contribution in [0.3, 0.4) is 0 Å². The smallest absolute Gasteiger partial charge is 0.328 e. The topological polar surface area (TPSA) is 79.2 Å². The van der Waals surface area contributed by atoms with E-state index in [0.717, 1.165) is 0 Å². The van der Waals surface area contributed by atoms with Gasteiger partial charge in [0, 0.05) is 6.42 Å². The van der Waals surface area contributed by atoms with E-state index in [-0.39, 0.29) is 18.1 Å². The van der Waals surface area contributed by atoms with Crippen LogP contribution in [0.4, 0.5) is 4.39 Å². The van der Waals surface area contributed by atoms with Crippen molar-refractivity contribution < 1.29 is 18.7 Å². The second-order valence-electron chi connectivity index (χ2n) is 4.85. The van der Waals surface area contributed by atoms with Gasteiger partial charge < -0.3 is 10.1 Å². The summed E-state index contributed by atoms with van der Waals surface area (Å²) in [6, 6.07) is 6.91. The van der Waals surface area contributed by atoms with Gasteiger partial charge in [-0.1, -0.05) is 12.1 Å². The maximum absolute atomic E-state index is 12.8. The molecular weight excluding hydrogens is 287 g/mol. The first kappa shape index (κ1) is 17.6. The second kappa shape index (κ2) is 9.50. The van der Waals surface area contributed by atoms with Crippen molar-refractivity contribution in [3.05, 3.63) is 35.6 Å². The minimum absolute atomic E-state index is 0.0615. The number of amides is 1. The Labute approximate surface area is 129 Å². The summed E-state index contributed by atoms with van der Waals surface area (Å²) in [6.45, 7) is 0. The zero-order chi connectivity index (χ0) is 16.4. The first-order chi connectivity index (χ1) is 10.6. The van der Waals surface area contributed by atoms with Crippen molar-refractivity contribution in [2.75, 3.05) is 7.11 Å². The van der Waals surface area contributed by atoms with E-state index in [4.69, 9.17) is 5.26 Å². The number of halogens is 1. The molecule has 0 heterocycles. The lowest BCUT2D eigenvalue weighted by Gasteiger charge is -2.16. The number of nitriles is 1. The molecule has 5 nitrogen and oxygen atoms in total. The first-order valence-corrected chi connectivity index (χ1v) is 7.05. The molecule has 1 amide bonds. The number of hydrogen-bond donors (Lipinski definition) is 1. The maximum atomic E-state index is 12.8. The number of benzene rings is 1. The Kier molecular flexibility index (Phi) is 7.62. The van der Waals surface area contributed by atoms with Crippen LogP contribution >= 0.6 is 0 Å². The lowest BCUT2D eigenvalue weighted by Crippen LogP contribution is -2.42. The van der Waals surface area contributed by atoms with Crippen molar-refractivity contribution in [3.63, 3.8) is 0 Å². The van der Waals surface area contributed by atoms with Crippen LogP contribution < -0.4 is 5.32 Å². The summed E-state index contributed by atoms with van der Waals surface area (Å²) in [4.78, 5) is 23.6. The highest BCUT2D eigenvalue weighted by atomic mass is 19.1. The molecule has 1 rings (SSSR count). The monoisotopic (exact) mass is 306 g/mol. The van der Waals surface area contributed by atoms with E-state index in [1.54, 1.807) is 0 Å². The van der Waals surface area contributed by atoms with Gasteiger partial charge in [-0.2, -0.15) is 5.26 Å². The van der Waals surface area contributed by atoms with Gasteiger partial charge in [-0.3, -0.25) is 4.79 Å². The minimum Gasteiger partial charge on any atom is -0.467 e. The maximum Gasteiger partial charge on any atom is 0.328 e. The first-order valence-electron chi connectivity index (χ1n) is 7.05. The average Bonchev–Trinajstić information content (AvgIpc) is 2.51. The summed E-state index contributed by atoms with van der Waals surface area (Å²) in [5.41, 5.74) is 0.659. The van der Waals surface area contributed by atoms with Crippen molar-refractivity contribution in [2.45, 2.75) is 38.1 Å². The van der Waals surface area contributed by atoms with Gasteiger partial charge in [0.1, 0.15) is 11.9 Å². The Morgan fingerprint density at radius 2 is 2.00 bits per heavy atom. The van der Waals surface area contributed by atoms with Crippen molar-refractivity contribution in [1.29, 1.82) is 5.26 Å². The fourth-order valence-corrected chi connectivity index (χ4v) is 1.98. The molecule has 0 saturated heterocycles. The molecule has 0 spiro atoms. The number of unbranched alkanes of at least 4 members (excludes halogenated alkanes) is 2. The van der Waals surface area contributed by atoms with Crippen LogP contribution in [0.5, 0.6) is 0 Å². The molecule has 1 atom stereocenters. The Hall–Kier alpha value is -2.42. The lowest BCUT2D eigenvalue weighted by atomic mass is 10.1. The van der Waals surface area contributed by atoms with Crippen LogP contribution in [0.15, 0.2) is 24.3 Å². The Bertz CT molecular complexity index is 537. The minimum atomic E-state index is -0.725. The molecule has 6 heteroatoms. The van der Waals surface area contributed by atoms with Gasteiger partial charge >= 0.3 is 5.97 Å². The summed E-state index contributed by atoms with van der Waals surface area (Å²) in [5, 5.41) is 11.1. The van der Waals surface area contributed by atoms with Crippen LogP contribution in [0.2, 0.25) is 0 Å². The largest absolute Gasteiger partial charge is 0.467 e. The van der Waals surface area contributed by atoms with Crippen LogP contribution in [-0.4, -0.2) is 25.0 Å². The molecule has 0 radical (unpaired) electrons. The molecule has 0 fully saturated rings. The number of ether oxygens (including phenoxy) is 1. The van der Waals surface area contributed by atoms with Gasteiger partial charge in [0.25, 0.3) is 0 Å². The quantitative estimate of drug-likeness (QED) is 0.589. The fourth-order valence-electron chi connectivity index (χ4n) is 1.98. The van der Waals surface area contributed by atoms with Crippen molar-refractivity contribution in [3.8, 4) is 6.07 Å². The van der Waals surface area contributed by atoms with Crippen LogP contribution in [0.1, 0.15) is 31.2 Å². The van der Waals surface area contributed by atoms with E-state index < -0.39 is 12.0 Å². The molecule has 0 aliphatic heterocycles. The average molecular weight is 306 g/mol. The zero-order valence-electron chi connectivity index (χ0n) is 12.5. The summed E-state index contributed by atoms with van der Waals surface area (Å²) in [5.74, 6) is -1.21. The van der Waals surface area contributed by atoms with Crippen molar-refractivity contribution >= 4 is 11.9 Å². The summed E-state index contributed by atoms with van der Waals surface area (Å²) in [6.07, 6.45) is 2.20. The standard InChI is InChI=1S/C16H19FN2O3/c1-22-16(21)14(5-3-2-4-10-18)19-15(20)11-12-6-8-13(17)9-7-12/h6-9,14H,2-5,11H2,1H3,(H,19,20)/t14-/m0/s1. The molecule has 0 unspecified atom stereocenters. The highest BCUT2D eigenvalue weighted by molar-refractivity contribution is 5.85. The number of hydrogen-bond acceptors (Lipinski definition) is 4. The van der Waals surface area contributed by atoms with Gasteiger partial charge in [-0.05, 0) is 37.0 Å². The van der Waals surface area contributed by atoms with Crippen molar-refractivity contribution in [1.82, 2.24) is 5.32 Å². The predicted octanol–water partition coefficient (Wildman–Crippen LogP) is 2.11. The normalized spacial score (nSPS) is 11.3. The van der Waals surface area contributed by atoms with E-state index in [1.165, 1.54) is 31.4 Å². The molecule has 0 bridgehead atoms. The predicted molar refractivity (Wildman–Crippen MR) is 78.1 cm³/mol. The summed E-state index contributed by atoms with van der Waals surface area (Å²) < 4.78 is 17.5. The molecule has 0 aromatic heterocycles. The molecule has 22 heavy (non-hydrogen) atoms. The van der Waals surface area contributed by atoms with Crippen LogP contribution in [0.25, 0.3) is 0 Å². The number of nitrogens with one attached hydrogen (secondary N) is 1. The lowest BCUT2D eigenvalue weighted by molar-refractivity contribution is -0.145. The zero-order valence-corrected chi connectivity index (χ0v) is 12.5. The SMILES string of the molecule is COC(=O)[C@H](CCCCC#N)NC(=O)Cc1ccc(F)cc1. The molecule has 0 saturated carbocycles. The molecule has 118 valence electrons. The Balaban J connectivity index is 2.52. The fraction of sp³-hybridized carbons (Fsp3) is 0.438. The third kappa shape index (κ3) is 6.35. The highest BCUT2D eigenvalue weighted by Crippen LogP contribution is 2.07. The number of carbonyl (C=O) groups excluding carboxylic acids is 2. The van der Waals surface area contributed by atoms with E-state index >= 15 is 0 Å². The van der Waals surface area contributed by atoms with Gasteiger partial charge in [-0.25, -0.2) is 9.18 Å². The third-order valence-electron chi connectivity index (χ3n) is 3.13. The molecule has 1 aromatic rings. The Morgan fingerprint density at radius 1 is 1.32 bits per heavy atom. The molecule has 0 aliphatic carbocycles. The highest BCUT2D eigenvalue weighted by Gasteiger charge is 2.20. The number of nitrogens with zero attached hydrogens (tertiary/aromatic N) is 1. The summed E-state index contributed by atoms with van der Waals surface area (Å²) in [7, 11) is 1.26. The molecule has 0 aliphatic rings. The van der Waals surface area contributed by atoms with E-state index in [9.17, 15) is 14.0 Å². The van der Waals surface area contributed by atoms with Gasteiger partial charge in [-0.15, -0.1) is 0 Å². The van der Waals surface area contributed by atoms with Crippen LogP contribution in [-0.2, 0) is 20.7 Å². The summed E-state index contributed by atoms with van der Waals surface area (Å²) >= 11 is 0. The van der Waals surface area contributed by atoms with E-state index in [1.807, 2.05) is 6.07 Å². The van der Waals surface area contributed by atoms with Gasteiger partial charge in [0.15, 0.2) is 0 Å². The number of esters is 1. The molecular formula is C16H19FN2O3. The van der Waals surface area contributed by atoms with Gasteiger partial charge in [0.2, 0.25) is 5.91 Å².